The van der Waals surface area contributed by atoms with E-state index in [1.807, 2.05) is 23.5 Å². The molecule has 0 saturated carbocycles. The zero-order valence-corrected chi connectivity index (χ0v) is 19.4. The van der Waals surface area contributed by atoms with Crippen LogP contribution in [0.5, 0.6) is 0 Å². The van der Waals surface area contributed by atoms with E-state index >= 15 is 0 Å². The van der Waals surface area contributed by atoms with Gasteiger partial charge in [0.2, 0.25) is 10.0 Å². The number of benzene rings is 1. The fraction of sp³-hybridized carbons (Fsp3) is 0.476. The number of nitrogens with zero attached hydrogens (tertiary/aromatic N) is 2. The molecule has 1 aliphatic rings. The molecule has 164 valence electrons. The molecule has 1 fully saturated rings. The van der Waals surface area contributed by atoms with Crippen LogP contribution in [0.25, 0.3) is 0 Å². The number of rotatable bonds is 7. The highest BCUT2D eigenvalue weighted by atomic mass is 32.2. The van der Waals surface area contributed by atoms with Crippen LogP contribution in [0.3, 0.4) is 0 Å². The van der Waals surface area contributed by atoms with Crippen LogP contribution in [0, 0.1) is 5.92 Å². The summed E-state index contributed by atoms with van der Waals surface area (Å²) in [5.41, 5.74) is 0.988. The highest BCUT2D eigenvalue weighted by Crippen LogP contribution is 2.36. The maximum Gasteiger partial charge on any atom is 0.240 e. The van der Waals surface area contributed by atoms with Gasteiger partial charge in [0, 0.05) is 31.1 Å². The Morgan fingerprint density at radius 2 is 2.00 bits per heavy atom. The third-order valence-corrected chi connectivity index (χ3v) is 7.93. The number of thiophene rings is 1. The fourth-order valence-electron chi connectivity index (χ4n) is 3.92. The first-order valence-corrected chi connectivity index (χ1v) is 12.5. The van der Waals surface area contributed by atoms with E-state index in [2.05, 4.69) is 49.8 Å². The zero-order valence-electron chi connectivity index (χ0n) is 17.8. The van der Waals surface area contributed by atoms with Gasteiger partial charge in [0.15, 0.2) is 5.96 Å². The predicted molar refractivity (Wildman–Crippen MR) is 123 cm³/mol. The van der Waals surface area contributed by atoms with Crippen LogP contribution in [0.1, 0.15) is 29.3 Å². The van der Waals surface area contributed by atoms with Crippen LogP contribution >= 0.6 is 11.3 Å². The Bertz CT molecular complexity index is 927. The summed E-state index contributed by atoms with van der Waals surface area (Å²) in [5, 5.41) is 8.95. The SMILES string of the molecule is CN=C(NCc1ccc(S(=O)(=O)NC)cc1)NCC1CCCN(C)C1c1cccs1. The maximum atomic E-state index is 11.8. The molecule has 2 aromatic rings. The second kappa shape index (κ2) is 10.4. The van der Waals surface area contributed by atoms with E-state index in [-0.39, 0.29) is 4.90 Å². The Morgan fingerprint density at radius 1 is 1.23 bits per heavy atom. The number of piperidine rings is 1. The molecule has 1 aromatic heterocycles. The topological polar surface area (TPSA) is 85.8 Å². The number of likely N-dealkylation sites (tertiary alicyclic amines) is 1. The van der Waals surface area contributed by atoms with Crippen molar-refractivity contribution in [1.82, 2.24) is 20.3 Å². The first kappa shape index (κ1) is 22.7. The lowest BCUT2D eigenvalue weighted by Crippen LogP contribution is -2.44. The van der Waals surface area contributed by atoms with Crippen LogP contribution in [0.15, 0.2) is 51.7 Å². The number of sulfonamides is 1. The highest BCUT2D eigenvalue weighted by Gasteiger charge is 2.31. The lowest BCUT2D eigenvalue weighted by Gasteiger charge is -2.39. The van der Waals surface area contributed by atoms with Gasteiger partial charge in [-0.15, -0.1) is 11.3 Å². The molecule has 0 amide bonds. The second-order valence-corrected chi connectivity index (χ2v) is 10.4. The molecule has 1 aliphatic heterocycles. The van der Waals surface area contributed by atoms with E-state index in [1.54, 1.807) is 19.2 Å². The molecule has 0 aliphatic carbocycles. The molecule has 0 radical (unpaired) electrons. The van der Waals surface area contributed by atoms with Gasteiger partial charge in [-0.3, -0.25) is 9.89 Å². The van der Waals surface area contributed by atoms with Crippen molar-refractivity contribution in [1.29, 1.82) is 0 Å². The third-order valence-electron chi connectivity index (χ3n) is 5.56. The predicted octanol–water partition coefficient (Wildman–Crippen LogP) is 2.40. The van der Waals surface area contributed by atoms with Gasteiger partial charge < -0.3 is 10.6 Å². The van der Waals surface area contributed by atoms with Gasteiger partial charge in [0.1, 0.15) is 0 Å². The van der Waals surface area contributed by atoms with Gasteiger partial charge in [0.25, 0.3) is 0 Å². The molecular formula is C21H31N5O2S2. The van der Waals surface area contributed by atoms with Gasteiger partial charge in [-0.05, 0) is 68.5 Å². The molecule has 9 heteroatoms. The molecule has 1 aromatic carbocycles. The standard InChI is InChI=1S/C21H31N5O2S2/c1-22-21(24-14-16-8-10-18(11-9-16)30(27,28)23-2)25-15-17-6-4-12-26(3)20(17)19-7-5-13-29-19/h5,7-11,13,17,20,23H,4,6,12,14-15H2,1-3H3,(H2,22,24,25). The van der Waals surface area contributed by atoms with E-state index in [1.165, 1.54) is 24.8 Å². The fourth-order valence-corrected chi connectivity index (χ4v) is 5.63. The first-order valence-electron chi connectivity index (χ1n) is 10.1. The first-order chi connectivity index (χ1) is 14.4. The summed E-state index contributed by atoms with van der Waals surface area (Å²) < 4.78 is 26.0. The number of guanidine groups is 1. The van der Waals surface area contributed by atoms with E-state index in [0.717, 1.165) is 24.6 Å². The van der Waals surface area contributed by atoms with Gasteiger partial charge >= 0.3 is 0 Å². The highest BCUT2D eigenvalue weighted by molar-refractivity contribution is 7.89. The molecule has 7 nitrogen and oxygen atoms in total. The van der Waals surface area contributed by atoms with Gasteiger partial charge in [-0.25, -0.2) is 13.1 Å². The molecule has 3 rings (SSSR count). The van der Waals surface area contributed by atoms with E-state index < -0.39 is 10.0 Å². The maximum absolute atomic E-state index is 11.8. The minimum Gasteiger partial charge on any atom is -0.356 e. The molecule has 1 saturated heterocycles. The van der Waals surface area contributed by atoms with Crippen molar-refractivity contribution in [2.45, 2.75) is 30.3 Å². The molecule has 2 unspecified atom stereocenters. The summed E-state index contributed by atoms with van der Waals surface area (Å²) in [5.74, 6) is 1.27. The summed E-state index contributed by atoms with van der Waals surface area (Å²) in [4.78, 5) is 8.48. The minimum atomic E-state index is -3.41. The Balaban J connectivity index is 1.56. The van der Waals surface area contributed by atoms with Gasteiger partial charge in [0.05, 0.1) is 4.90 Å². The molecule has 0 bridgehead atoms. The third kappa shape index (κ3) is 5.60. The smallest absolute Gasteiger partial charge is 0.240 e. The van der Waals surface area contributed by atoms with Crippen molar-refractivity contribution in [3.8, 4) is 0 Å². The summed E-state index contributed by atoms with van der Waals surface area (Å²) in [7, 11) is 1.98. The Labute approximate surface area is 183 Å². The number of hydrogen-bond donors (Lipinski definition) is 3. The lowest BCUT2D eigenvalue weighted by atomic mass is 9.88. The summed E-state index contributed by atoms with van der Waals surface area (Å²) in [6.45, 7) is 2.55. The van der Waals surface area contributed by atoms with Crippen molar-refractivity contribution >= 4 is 27.3 Å². The lowest BCUT2D eigenvalue weighted by molar-refractivity contribution is 0.125. The van der Waals surface area contributed by atoms with Crippen LogP contribution in [0.2, 0.25) is 0 Å². The summed E-state index contributed by atoms with van der Waals surface area (Å²) >= 11 is 1.83. The van der Waals surface area contributed by atoms with E-state index in [4.69, 9.17) is 0 Å². The average Bonchev–Trinajstić information content (AvgIpc) is 3.28. The van der Waals surface area contributed by atoms with Crippen molar-refractivity contribution in [2.24, 2.45) is 10.9 Å². The van der Waals surface area contributed by atoms with Crippen molar-refractivity contribution in [3.05, 3.63) is 52.2 Å². The van der Waals surface area contributed by atoms with Crippen LogP contribution < -0.4 is 15.4 Å². The zero-order chi connectivity index (χ0) is 21.6. The number of hydrogen-bond acceptors (Lipinski definition) is 5. The summed E-state index contributed by atoms with van der Waals surface area (Å²) in [6.07, 6.45) is 2.40. The second-order valence-electron chi connectivity index (χ2n) is 7.50. The number of aliphatic imine (C=N–C) groups is 1. The quantitative estimate of drug-likeness (QED) is 0.446. The van der Waals surface area contributed by atoms with Crippen molar-refractivity contribution in [3.63, 3.8) is 0 Å². The van der Waals surface area contributed by atoms with E-state index in [0.29, 0.717) is 18.5 Å². The monoisotopic (exact) mass is 449 g/mol. The van der Waals surface area contributed by atoms with Crippen molar-refractivity contribution in [2.75, 3.05) is 34.2 Å². The number of nitrogens with one attached hydrogen (secondary N) is 3. The van der Waals surface area contributed by atoms with Crippen LogP contribution in [0.4, 0.5) is 0 Å². The Morgan fingerprint density at radius 3 is 2.63 bits per heavy atom. The minimum absolute atomic E-state index is 0.261. The molecule has 3 N–H and O–H groups in total. The summed E-state index contributed by atoms with van der Waals surface area (Å²) in [6, 6.07) is 11.6. The average molecular weight is 450 g/mol. The Hall–Kier alpha value is -1.94. The van der Waals surface area contributed by atoms with E-state index in [9.17, 15) is 8.42 Å². The Kier molecular flexibility index (Phi) is 7.87. The van der Waals surface area contributed by atoms with Gasteiger partial charge in [-0.1, -0.05) is 18.2 Å². The largest absolute Gasteiger partial charge is 0.356 e. The molecule has 0 spiro atoms. The molecule has 30 heavy (non-hydrogen) atoms. The van der Waals surface area contributed by atoms with Crippen LogP contribution in [-0.2, 0) is 16.6 Å². The molecule has 2 atom stereocenters. The normalized spacial score (nSPS) is 20.8. The van der Waals surface area contributed by atoms with Gasteiger partial charge in [-0.2, -0.15) is 0 Å². The van der Waals surface area contributed by atoms with Crippen molar-refractivity contribution < 1.29 is 8.42 Å². The van der Waals surface area contributed by atoms with Crippen LogP contribution in [-0.4, -0.2) is 53.5 Å². The molecular weight excluding hydrogens is 418 g/mol. The molecule has 2 heterocycles.